The summed E-state index contributed by atoms with van der Waals surface area (Å²) in [6.45, 7) is 3.15. The van der Waals surface area contributed by atoms with Gasteiger partial charge in [0.2, 0.25) is 10.0 Å². The minimum Gasteiger partial charge on any atom is -0.491 e. The van der Waals surface area contributed by atoms with Crippen LogP contribution in [-0.2, 0) is 16.6 Å². The summed E-state index contributed by atoms with van der Waals surface area (Å²) in [6.07, 6.45) is 2.32. The van der Waals surface area contributed by atoms with Crippen molar-refractivity contribution >= 4 is 16.1 Å². The molecular formula is C16H24FN3O4S. The Bertz CT molecular complexity index is 703. The maximum atomic E-state index is 13.8. The Labute approximate surface area is 147 Å². The van der Waals surface area contributed by atoms with E-state index < -0.39 is 15.8 Å². The highest BCUT2D eigenvalue weighted by Gasteiger charge is 2.25. The van der Waals surface area contributed by atoms with Crippen LogP contribution >= 0.6 is 0 Å². The van der Waals surface area contributed by atoms with Crippen LogP contribution in [0, 0.1) is 5.82 Å². The Morgan fingerprint density at radius 3 is 2.60 bits per heavy atom. The number of hydrogen-bond donors (Lipinski definition) is 2. The van der Waals surface area contributed by atoms with Crippen LogP contribution < -0.4 is 15.4 Å². The van der Waals surface area contributed by atoms with Crippen LogP contribution in [0.1, 0.15) is 25.3 Å². The van der Waals surface area contributed by atoms with Gasteiger partial charge in [-0.05, 0) is 37.5 Å². The van der Waals surface area contributed by atoms with Crippen molar-refractivity contribution in [1.29, 1.82) is 0 Å². The van der Waals surface area contributed by atoms with Gasteiger partial charge in [-0.15, -0.1) is 0 Å². The average molecular weight is 373 g/mol. The summed E-state index contributed by atoms with van der Waals surface area (Å²) in [6, 6.07) is 4.13. The largest absolute Gasteiger partial charge is 0.491 e. The molecule has 0 aromatic heterocycles. The highest BCUT2D eigenvalue weighted by atomic mass is 32.2. The van der Waals surface area contributed by atoms with Gasteiger partial charge in [0.1, 0.15) is 0 Å². The molecule has 0 aliphatic carbocycles. The third kappa shape index (κ3) is 5.86. The number of nitrogens with zero attached hydrogens (tertiary/aromatic N) is 1. The number of nitrogens with one attached hydrogen (secondary N) is 2. The Kier molecular flexibility index (Phi) is 6.60. The van der Waals surface area contributed by atoms with Gasteiger partial charge < -0.3 is 15.4 Å². The van der Waals surface area contributed by atoms with Gasteiger partial charge in [0, 0.05) is 25.7 Å². The molecule has 1 aromatic rings. The van der Waals surface area contributed by atoms with E-state index in [0.717, 1.165) is 0 Å². The lowest BCUT2D eigenvalue weighted by Crippen LogP contribution is -2.48. The van der Waals surface area contributed by atoms with E-state index in [1.807, 2.05) is 0 Å². The Morgan fingerprint density at radius 2 is 2.04 bits per heavy atom. The average Bonchev–Trinajstić information content (AvgIpc) is 2.55. The molecule has 0 unspecified atom stereocenters. The Morgan fingerprint density at radius 1 is 1.36 bits per heavy atom. The van der Waals surface area contributed by atoms with Crippen LogP contribution in [0.15, 0.2) is 18.2 Å². The van der Waals surface area contributed by atoms with Crippen molar-refractivity contribution in [2.75, 3.05) is 26.0 Å². The molecule has 1 aliphatic rings. The van der Waals surface area contributed by atoms with E-state index in [-0.39, 0.29) is 24.4 Å². The first-order valence-electron chi connectivity index (χ1n) is 8.20. The first-order chi connectivity index (χ1) is 11.8. The minimum atomic E-state index is -3.18. The van der Waals surface area contributed by atoms with Crippen molar-refractivity contribution in [1.82, 2.24) is 14.9 Å². The molecule has 1 aliphatic heterocycles. The highest BCUT2D eigenvalue weighted by molar-refractivity contribution is 7.88. The van der Waals surface area contributed by atoms with Crippen molar-refractivity contribution < 1.29 is 22.3 Å². The number of carbonyl (C=O) groups excluding carboxylic acids is 1. The first kappa shape index (κ1) is 19.5. The summed E-state index contributed by atoms with van der Waals surface area (Å²) in [4.78, 5) is 11.9. The molecule has 2 N–H and O–H groups in total. The second-order valence-electron chi connectivity index (χ2n) is 5.96. The Hall–Kier alpha value is -1.87. The van der Waals surface area contributed by atoms with E-state index in [1.54, 1.807) is 13.0 Å². The van der Waals surface area contributed by atoms with Gasteiger partial charge in [-0.25, -0.2) is 21.9 Å². The standard InChI is InChI=1S/C16H24FN3O4S/c1-3-24-15-5-4-12(10-14(15)17)11-18-16(21)19-13-6-8-20(9-7-13)25(2,22)23/h4-5,10,13H,3,6-9,11H2,1-2H3,(H2,18,19,21). The molecule has 2 amide bonds. The lowest BCUT2D eigenvalue weighted by atomic mass is 10.1. The molecule has 0 spiro atoms. The zero-order chi connectivity index (χ0) is 18.4. The number of amides is 2. The van der Waals surface area contributed by atoms with E-state index in [2.05, 4.69) is 10.6 Å². The van der Waals surface area contributed by atoms with Gasteiger partial charge >= 0.3 is 6.03 Å². The maximum Gasteiger partial charge on any atom is 0.315 e. The van der Waals surface area contributed by atoms with Gasteiger partial charge in [-0.2, -0.15) is 0 Å². The van der Waals surface area contributed by atoms with E-state index >= 15 is 0 Å². The normalized spacial score (nSPS) is 16.4. The Balaban J connectivity index is 1.77. The number of sulfonamides is 1. The van der Waals surface area contributed by atoms with Gasteiger partial charge in [0.25, 0.3) is 0 Å². The molecule has 1 heterocycles. The number of urea groups is 1. The molecule has 25 heavy (non-hydrogen) atoms. The van der Waals surface area contributed by atoms with Crippen molar-refractivity contribution in [3.63, 3.8) is 0 Å². The van der Waals surface area contributed by atoms with Crippen LogP contribution in [0.2, 0.25) is 0 Å². The highest BCUT2D eigenvalue weighted by Crippen LogP contribution is 2.18. The van der Waals surface area contributed by atoms with Crippen LogP contribution in [0.5, 0.6) is 5.75 Å². The fourth-order valence-electron chi connectivity index (χ4n) is 2.68. The lowest BCUT2D eigenvalue weighted by molar-refractivity contribution is 0.227. The van der Waals surface area contributed by atoms with Gasteiger partial charge in [0.05, 0.1) is 12.9 Å². The molecule has 7 nitrogen and oxygen atoms in total. The molecule has 0 bridgehead atoms. The van der Waals surface area contributed by atoms with E-state index in [4.69, 9.17) is 4.74 Å². The predicted molar refractivity (Wildman–Crippen MR) is 92.4 cm³/mol. The third-order valence-electron chi connectivity index (χ3n) is 4.01. The van der Waals surface area contributed by atoms with E-state index in [0.29, 0.717) is 38.1 Å². The second kappa shape index (κ2) is 8.48. The maximum absolute atomic E-state index is 13.8. The van der Waals surface area contributed by atoms with Crippen LogP contribution in [0.25, 0.3) is 0 Å². The summed E-state index contributed by atoms with van der Waals surface area (Å²) < 4.78 is 43.2. The van der Waals surface area contributed by atoms with Gasteiger partial charge in [-0.3, -0.25) is 0 Å². The first-order valence-corrected chi connectivity index (χ1v) is 10.0. The minimum absolute atomic E-state index is 0.0740. The lowest BCUT2D eigenvalue weighted by Gasteiger charge is -2.30. The molecule has 1 saturated heterocycles. The fourth-order valence-corrected chi connectivity index (χ4v) is 3.55. The number of hydrogen-bond acceptors (Lipinski definition) is 4. The topological polar surface area (TPSA) is 87.7 Å². The molecule has 140 valence electrons. The fraction of sp³-hybridized carbons (Fsp3) is 0.562. The third-order valence-corrected chi connectivity index (χ3v) is 5.31. The summed E-state index contributed by atoms with van der Waals surface area (Å²) in [5, 5.41) is 5.49. The zero-order valence-electron chi connectivity index (χ0n) is 14.4. The number of halogens is 1. The summed E-state index contributed by atoms with van der Waals surface area (Å²) in [5.41, 5.74) is 0.628. The molecule has 1 aromatic carbocycles. The van der Waals surface area contributed by atoms with Crippen molar-refractivity contribution in [3.05, 3.63) is 29.6 Å². The molecule has 2 rings (SSSR count). The molecule has 9 heteroatoms. The van der Waals surface area contributed by atoms with Crippen molar-refractivity contribution in [2.24, 2.45) is 0 Å². The predicted octanol–water partition coefficient (Wildman–Crippen LogP) is 1.45. The van der Waals surface area contributed by atoms with Crippen LogP contribution in [-0.4, -0.2) is 50.7 Å². The zero-order valence-corrected chi connectivity index (χ0v) is 15.2. The van der Waals surface area contributed by atoms with Gasteiger partial charge in [-0.1, -0.05) is 6.07 Å². The van der Waals surface area contributed by atoms with Gasteiger partial charge in [0.15, 0.2) is 11.6 Å². The quantitative estimate of drug-likeness (QED) is 0.790. The van der Waals surface area contributed by atoms with E-state index in [9.17, 15) is 17.6 Å². The second-order valence-corrected chi connectivity index (χ2v) is 7.94. The number of rotatable bonds is 6. The molecular weight excluding hydrogens is 349 g/mol. The number of benzene rings is 1. The molecule has 0 atom stereocenters. The number of ether oxygens (including phenoxy) is 1. The monoisotopic (exact) mass is 373 g/mol. The summed E-state index contributed by atoms with van der Waals surface area (Å²) in [7, 11) is -3.18. The number of piperidine rings is 1. The smallest absolute Gasteiger partial charge is 0.315 e. The molecule has 0 radical (unpaired) electrons. The SMILES string of the molecule is CCOc1ccc(CNC(=O)NC2CCN(S(C)(=O)=O)CC2)cc1F. The summed E-state index contributed by atoms with van der Waals surface area (Å²) in [5.74, 6) is -0.275. The van der Waals surface area contributed by atoms with Crippen LogP contribution in [0.3, 0.4) is 0 Å². The number of carbonyl (C=O) groups is 1. The molecule has 0 saturated carbocycles. The van der Waals surface area contributed by atoms with Crippen LogP contribution in [0.4, 0.5) is 9.18 Å². The van der Waals surface area contributed by atoms with E-state index in [1.165, 1.54) is 22.7 Å². The summed E-state index contributed by atoms with van der Waals surface area (Å²) >= 11 is 0. The molecule has 1 fully saturated rings. The van der Waals surface area contributed by atoms with Crippen molar-refractivity contribution in [3.8, 4) is 5.75 Å². The van der Waals surface area contributed by atoms with Crippen molar-refractivity contribution in [2.45, 2.75) is 32.4 Å².